The first-order chi connectivity index (χ1) is 14.1. The molecule has 0 fully saturated rings. The van der Waals surface area contributed by atoms with Crippen molar-refractivity contribution in [3.05, 3.63) is 43.1 Å². The van der Waals surface area contributed by atoms with E-state index in [1.807, 2.05) is 24.3 Å². The van der Waals surface area contributed by atoms with Crippen molar-refractivity contribution in [2.45, 2.75) is 17.2 Å². The molecule has 2 N–H and O–H groups in total. The van der Waals surface area contributed by atoms with Gasteiger partial charge in [-0.25, -0.2) is 0 Å². The first kappa shape index (κ1) is 20.7. The zero-order valence-corrected chi connectivity index (χ0v) is 17.3. The summed E-state index contributed by atoms with van der Waals surface area (Å²) in [6.07, 6.45) is 3.43. The van der Waals surface area contributed by atoms with E-state index in [0.29, 0.717) is 10.8 Å². The van der Waals surface area contributed by atoms with Gasteiger partial charge >= 0.3 is 0 Å². The Balaban J connectivity index is 1.49. The molecule has 0 radical (unpaired) electrons. The maximum atomic E-state index is 12.2. The van der Waals surface area contributed by atoms with E-state index in [-0.39, 0.29) is 24.7 Å². The number of amides is 2. The van der Waals surface area contributed by atoms with Crippen molar-refractivity contribution < 1.29 is 14.3 Å². The second kappa shape index (κ2) is 9.99. The van der Waals surface area contributed by atoms with Gasteiger partial charge in [0.25, 0.3) is 0 Å². The molecule has 10 heteroatoms. The predicted molar refractivity (Wildman–Crippen MR) is 116 cm³/mol. The summed E-state index contributed by atoms with van der Waals surface area (Å²) >= 11 is 2.77. The van der Waals surface area contributed by atoms with Crippen molar-refractivity contribution >= 4 is 56.6 Å². The van der Waals surface area contributed by atoms with Crippen LogP contribution in [0, 0.1) is 0 Å². The number of hydrogen-bond acceptors (Lipinski definition) is 8. The van der Waals surface area contributed by atoms with Crippen molar-refractivity contribution in [3.8, 4) is 5.75 Å². The highest BCUT2D eigenvalue weighted by molar-refractivity contribution is 8.01. The number of fused-ring (bicyclic) bond motifs is 1. The Kier molecular flexibility index (Phi) is 7.14. The highest BCUT2D eigenvalue weighted by Crippen LogP contribution is 2.25. The first-order valence-corrected chi connectivity index (χ1v) is 10.5. The molecule has 1 aromatic carbocycles. The Bertz CT molecular complexity index is 1040. The molecule has 2 amide bonds. The Hall–Kier alpha value is -2.98. The van der Waals surface area contributed by atoms with Gasteiger partial charge in [0.05, 0.1) is 24.5 Å². The van der Waals surface area contributed by atoms with Crippen LogP contribution in [0.3, 0.4) is 0 Å². The number of ether oxygens (including phenoxy) is 1. The summed E-state index contributed by atoms with van der Waals surface area (Å²) in [5, 5.41) is 14.6. The van der Waals surface area contributed by atoms with Gasteiger partial charge in [-0.1, -0.05) is 29.2 Å². The predicted octanol–water partition coefficient (Wildman–Crippen LogP) is 3.73. The van der Waals surface area contributed by atoms with Crippen LogP contribution in [0.2, 0.25) is 0 Å². The highest BCUT2D eigenvalue weighted by atomic mass is 32.2. The summed E-state index contributed by atoms with van der Waals surface area (Å²) in [4.78, 5) is 28.5. The third-order valence-corrected chi connectivity index (χ3v) is 5.70. The standard InChI is InChI=1S/C19H19N5O3S2/c1-3-8-28-19-24-23-18(29-19)22-17(26)7-6-16(25)21-13-9-12-4-5-14(27-2)10-15(12)20-11-13/h3-5,9-11H,1,6-8H2,2H3,(H,21,25)(H,22,23,26). The number of carbonyl (C=O) groups excluding carboxylic acids is 2. The molecule has 2 aromatic heterocycles. The lowest BCUT2D eigenvalue weighted by Crippen LogP contribution is -2.17. The minimum absolute atomic E-state index is 0.0404. The number of hydrogen-bond donors (Lipinski definition) is 2. The van der Waals surface area contributed by atoms with Crippen molar-refractivity contribution in [1.29, 1.82) is 0 Å². The zero-order valence-electron chi connectivity index (χ0n) is 15.7. The van der Waals surface area contributed by atoms with Gasteiger partial charge in [0.1, 0.15) is 5.75 Å². The molecule has 3 rings (SSSR count). The van der Waals surface area contributed by atoms with Crippen LogP contribution in [0.1, 0.15) is 12.8 Å². The average molecular weight is 430 g/mol. The van der Waals surface area contributed by atoms with Gasteiger partial charge in [-0.05, 0) is 18.2 Å². The van der Waals surface area contributed by atoms with Crippen LogP contribution in [0.4, 0.5) is 10.8 Å². The van der Waals surface area contributed by atoms with E-state index in [9.17, 15) is 9.59 Å². The van der Waals surface area contributed by atoms with Crippen molar-refractivity contribution in [3.63, 3.8) is 0 Å². The molecule has 0 unspecified atom stereocenters. The summed E-state index contributed by atoms with van der Waals surface area (Å²) in [5.74, 6) is 0.879. The lowest BCUT2D eigenvalue weighted by Gasteiger charge is -2.07. The van der Waals surface area contributed by atoms with E-state index >= 15 is 0 Å². The summed E-state index contributed by atoms with van der Waals surface area (Å²) in [6.45, 7) is 3.64. The number of benzene rings is 1. The van der Waals surface area contributed by atoms with Gasteiger partial charge < -0.3 is 15.4 Å². The largest absolute Gasteiger partial charge is 0.497 e. The summed E-state index contributed by atoms with van der Waals surface area (Å²) < 4.78 is 5.92. The first-order valence-electron chi connectivity index (χ1n) is 8.68. The molecule has 29 heavy (non-hydrogen) atoms. The normalized spacial score (nSPS) is 10.5. The third-order valence-electron chi connectivity index (χ3n) is 3.73. The van der Waals surface area contributed by atoms with Crippen LogP contribution in [0.25, 0.3) is 10.9 Å². The molecule has 2 heterocycles. The Morgan fingerprint density at radius 3 is 2.76 bits per heavy atom. The van der Waals surface area contributed by atoms with Gasteiger partial charge in [-0.2, -0.15) is 0 Å². The number of methoxy groups -OCH3 is 1. The second-order valence-electron chi connectivity index (χ2n) is 5.85. The van der Waals surface area contributed by atoms with Crippen LogP contribution in [-0.2, 0) is 9.59 Å². The fraction of sp³-hybridized carbons (Fsp3) is 0.211. The number of carbonyl (C=O) groups is 2. The molecule has 0 atom stereocenters. The smallest absolute Gasteiger partial charge is 0.226 e. The summed E-state index contributed by atoms with van der Waals surface area (Å²) in [7, 11) is 1.59. The number of nitrogens with one attached hydrogen (secondary N) is 2. The van der Waals surface area contributed by atoms with Crippen molar-refractivity contribution in [2.24, 2.45) is 0 Å². The lowest BCUT2D eigenvalue weighted by molar-refractivity contribution is -0.121. The molecule has 0 bridgehead atoms. The molecule has 3 aromatic rings. The average Bonchev–Trinajstić information content (AvgIpc) is 3.17. The summed E-state index contributed by atoms with van der Waals surface area (Å²) in [6, 6.07) is 7.34. The van der Waals surface area contributed by atoms with Gasteiger partial charge in [0, 0.05) is 30.0 Å². The number of anilines is 2. The molecule has 8 nitrogen and oxygen atoms in total. The number of nitrogens with zero attached hydrogens (tertiary/aromatic N) is 3. The molecule has 0 aliphatic carbocycles. The number of aromatic nitrogens is 3. The van der Waals surface area contributed by atoms with Crippen molar-refractivity contribution in [1.82, 2.24) is 15.2 Å². The fourth-order valence-electron chi connectivity index (χ4n) is 2.38. The van der Waals surface area contributed by atoms with Crippen molar-refractivity contribution in [2.75, 3.05) is 23.5 Å². The molecule has 150 valence electrons. The number of rotatable bonds is 9. The Labute approximate surface area is 175 Å². The number of pyridine rings is 1. The lowest BCUT2D eigenvalue weighted by atomic mass is 10.2. The van der Waals surface area contributed by atoms with Crippen LogP contribution in [-0.4, -0.2) is 39.9 Å². The molecule has 0 saturated carbocycles. The van der Waals surface area contributed by atoms with Gasteiger partial charge in [0.2, 0.25) is 16.9 Å². The van der Waals surface area contributed by atoms with Crippen LogP contribution >= 0.6 is 23.1 Å². The van der Waals surface area contributed by atoms with Gasteiger partial charge in [-0.3, -0.25) is 14.6 Å². The second-order valence-corrected chi connectivity index (χ2v) is 8.10. The molecule has 0 aliphatic heterocycles. The molecular weight excluding hydrogens is 410 g/mol. The molecule has 0 saturated heterocycles. The monoisotopic (exact) mass is 429 g/mol. The Morgan fingerprint density at radius 1 is 1.21 bits per heavy atom. The highest BCUT2D eigenvalue weighted by Gasteiger charge is 2.11. The third kappa shape index (κ3) is 6.00. The topological polar surface area (TPSA) is 106 Å². The summed E-state index contributed by atoms with van der Waals surface area (Å²) in [5.41, 5.74) is 1.34. The fourth-order valence-corrected chi connectivity index (χ4v) is 3.91. The quantitative estimate of drug-likeness (QED) is 0.303. The SMILES string of the molecule is C=CCSc1nnc(NC(=O)CCC(=O)Nc2cnc3cc(OC)ccc3c2)s1. The van der Waals surface area contributed by atoms with Gasteiger partial charge in [-0.15, -0.1) is 16.8 Å². The van der Waals surface area contributed by atoms with Gasteiger partial charge in [0.15, 0.2) is 4.34 Å². The molecule has 0 spiro atoms. The van der Waals surface area contributed by atoms with Crippen LogP contribution < -0.4 is 15.4 Å². The van der Waals surface area contributed by atoms with Crippen LogP contribution in [0.15, 0.2) is 47.5 Å². The van der Waals surface area contributed by atoms with E-state index in [2.05, 4.69) is 32.4 Å². The van der Waals surface area contributed by atoms with E-state index in [1.165, 1.54) is 23.1 Å². The molecule has 0 aliphatic rings. The minimum Gasteiger partial charge on any atom is -0.497 e. The van der Waals surface area contributed by atoms with E-state index < -0.39 is 0 Å². The molecular formula is C19H19N5O3S2. The zero-order chi connectivity index (χ0) is 20.6. The minimum atomic E-state index is -0.291. The van der Waals surface area contributed by atoms with Crippen LogP contribution in [0.5, 0.6) is 5.75 Å². The number of thioether (sulfide) groups is 1. The Morgan fingerprint density at radius 2 is 2.00 bits per heavy atom. The maximum absolute atomic E-state index is 12.2. The van der Waals surface area contributed by atoms with E-state index in [1.54, 1.807) is 19.4 Å². The van der Waals surface area contributed by atoms with E-state index in [4.69, 9.17) is 4.74 Å². The van der Waals surface area contributed by atoms with E-state index in [0.717, 1.165) is 26.7 Å². The maximum Gasteiger partial charge on any atom is 0.226 e.